The van der Waals surface area contributed by atoms with Crippen molar-refractivity contribution < 1.29 is 0 Å². The maximum Gasteiger partial charge on any atom is 0.162 e. The monoisotopic (exact) mass is 162 g/mol. The van der Waals surface area contributed by atoms with Gasteiger partial charge in [0.15, 0.2) is 11.9 Å². The summed E-state index contributed by atoms with van der Waals surface area (Å²) in [7, 11) is 0. The van der Waals surface area contributed by atoms with Gasteiger partial charge in [-0.25, -0.2) is 15.0 Å². The van der Waals surface area contributed by atoms with Crippen LogP contribution in [0.1, 0.15) is 0 Å². The fraction of sp³-hybridized carbons (Fsp3) is 0.167. The van der Waals surface area contributed by atoms with Gasteiger partial charge in [-0.1, -0.05) is 0 Å². The number of nitrogens with zero attached hydrogens (tertiary/aromatic N) is 5. The molecule has 6 heteroatoms. The largest absolute Gasteiger partial charge is 0.323 e. The second-order valence-corrected chi connectivity index (χ2v) is 2.23. The third-order valence-corrected chi connectivity index (χ3v) is 1.53. The lowest BCUT2D eigenvalue weighted by Crippen LogP contribution is -2.29. The third-order valence-electron chi connectivity index (χ3n) is 1.53. The third kappa shape index (κ3) is 0.931. The van der Waals surface area contributed by atoms with Gasteiger partial charge in [-0.15, -0.1) is 0 Å². The van der Waals surface area contributed by atoms with Crippen molar-refractivity contribution in [3.63, 3.8) is 0 Å². The van der Waals surface area contributed by atoms with E-state index in [1.807, 2.05) is 0 Å². The van der Waals surface area contributed by atoms with Gasteiger partial charge in [0.25, 0.3) is 0 Å². The predicted octanol–water partition coefficient (Wildman–Crippen LogP) is -0.777. The van der Waals surface area contributed by atoms with Gasteiger partial charge in [0.2, 0.25) is 0 Å². The number of hydrazone groups is 1. The Labute approximate surface area is 68.3 Å². The molecule has 12 heavy (non-hydrogen) atoms. The number of hydrogen-bond acceptors (Lipinski definition) is 6. The van der Waals surface area contributed by atoms with E-state index in [1.165, 1.54) is 18.9 Å². The SMILES string of the molecule is N/N=C/C1=NC=NC2=NC=NC12. The molecule has 6 nitrogen and oxygen atoms in total. The van der Waals surface area contributed by atoms with E-state index < -0.39 is 0 Å². The van der Waals surface area contributed by atoms with Crippen molar-refractivity contribution in [2.75, 3.05) is 0 Å². The van der Waals surface area contributed by atoms with Crippen LogP contribution in [0.2, 0.25) is 0 Å². The Bertz CT molecular complexity index is 334. The molecule has 1 atom stereocenters. The molecule has 0 bridgehead atoms. The number of fused-ring (bicyclic) bond motifs is 1. The normalized spacial score (nSPS) is 25.8. The van der Waals surface area contributed by atoms with Crippen LogP contribution >= 0.6 is 0 Å². The molecule has 0 aromatic heterocycles. The van der Waals surface area contributed by atoms with Crippen molar-refractivity contribution in [3.8, 4) is 0 Å². The first-order chi connectivity index (χ1) is 5.92. The summed E-state index contributed by atoms with van der Waals surface area (Å²) in [6.07, 6.45) is 4.33. The van der Waals surface area contributed by atoms with E-state index in [0.29, 0.717) is 11.5 Å². The number of aliphatic imine (C=N–C) groups is 4. The molecule has 1 unspecified atom stereocenters. The zero-order valence-electron chi connectivity index (χ0n) is 6.12. The molecule has 60 valence electrons. The molecular weight excluding hydrogens is 156 g/mol. The Balaban J connectivity index is 2.35. The van der Waals surface area contributed by atoms with Crippen molar-refractivity contribution in [1.82, 2.24) is 0 Å². The molecule has 0 aromatic carbocycles. The highest BCUT2D eigenvalue weighted by atomic mass is 15.1. The molecule has 2 heterocycles. The van der Waals surface area contributed by atoms with Crippen LogP contribution in [0.4, 0.5) is 0 Å². The maximum absolute atomic E-state index is 4.99. The van der Waals surface area contributed by atoms with Crippen LogP contribution < -0.4 is 5.84 Å². The van der Waals surface area contributed by atoms with Gasteiger partial charge in [0, 0.05) is 0 Å². The summed E-state index contributed by atoms with van der Waals surface area (Å²) in [5, 5.41) is 3.37. The quantitative estimate of drug-likeness (QED) is 0.306. The Morgan fingerprint density at radius 2 is 2.33 bits per heavy atom. The van der Waals surface area contributed by atoms with Gasteiger partial charge in [0.1, 0.15) is 12.7 Å². The molecule has 2 aliphatic rings. The van der Waals surface area contributed by atoms with Crippen molar-refractivity contribution in [2.45, 2.75) is 6.04 Å². The molecule has 0 amide bonds. The first-order valence-electron chi connectivity index (χ1n) is 3.34. The van der Waals surface area contributed by atoms with Gasteiger partial charge in [-0.2, -0.15) is 5.10 Å². The zero-order chi connectivity index (χ0) is 8.39. The average molecular weight is 162 g/mol. The second kappa shape index (κ2) is 2.65. The van der Waals surface area contributed by atoms with Gasteiger partial charge >= 0.3 is 0 Å². The minimum atomic E-state index is -0.206. The van der Waals surface area contributed by atoms with Crippen molar-refractivity contribution >= 4 is 30.4 Å². The standard InChI is InChI=1S/C6H6N6/c7-12-1-4-5-6(10-2-8-4)11-3-9-5/h1-3,5H,7H2/b12-1+. The molecule has 0 aromatic rings. The van der Waals surface area contributed by atoms with Crippen LogP contribution in [0.25, 0.3) is 0 Å². The Hall–Kier alpha value is -1.85. The Morgan fingerprint density at radius 1 is 1.42 bits per heavy atom. The van der Waals surface area contributed by atoms with Gasteiger partial charge in [0.05, 0.1) is 11.9 Å². The zero-order valence-corrected chi connectivity index (χ0v) is 6.12. The second-order valence-electron chi connectivity index (χ2n) is 2.23. The van der Waals surface area contributed by atoms with Crippen LogP contribution in [0, 0.1) is 0 Å². The van der Waals surface area contributed by atoms with Crippen molar-refractivity contribution in [3.05, 3.63) is 0 Å². The lowest BCUT2D eigenvalue weighted by atomic mass is 10.1. The van der Waals surface area contributed by atoms with E-state index in [1.54, 1.807) is 0 Å². The van der Waals surface area contributed by atoms with Crippen LogP contribution in [0.3, 0.4) is 0 Å². The Morgan fingerprint density at radius 3 is 3.17 bits per heavy atom. The van der Waals surface area contributed by atoms with Crippen molar-refractivity contribution in [1.29, 1.82) is 0 Å². The fourth-order valence-corrected chi connectivity index (χ4v) is 1.01. The van der Waals surface area contributed by atoms with Gasteiger partial charge < -0.3 is 5.84 Å². The highest BCUT2D eigenvalue weighted by Crippen LogP contribution is 2.07. The van der Waals surface area contributed by atoms with Crippen LogP contribution in [0.5, 0.6) is 0 Å². The van der Waals surface area contributed by atoms with Crippen LogP contribution in [-0.4, -0.2) is 36.5 Å². The molecular formula is C6H6N6. The molecule has 0 saturated heterocycles. The molecule has 0 spiro atoms. The first-order valence-corrected chi connectivity index (χ1v) is 3.34. The van der Waals surface area contributed by atoms with E-state index >= 15 is 0 Å². The number of hydrogen-bond donors (Lipinski definition) is 1. The minimum Gasteiger partial charge on any atom is -0.323 e. The van der Waals surface area contributed by atoms with E-state index in [2.05, 4.69) is 25.1 Å². The van der Waals surface area contributed by atoms with E-state index in [-0.39, 0.29) is 6.04 Å². The molecule has 0 fully saturated rings. The molecule has 0 radical (unpaired) electrons. The Kier molecular flexibility index (Phi) is 1.51. The average Bonchev–Trinajstić information content (AvgIpc) is 2.53. The lowest BCUT2D eigenvalue weighted by molar-refractivity contribution is 1.15. The predicted molar refractivity (Wildman–Crippen MR) is 48.3 cm³/mol. The maximum atomic E-state index is 4.99. The summed E-state index contributed by atoms with van der Waals surface area (Å²) in [4.78, 5) is 15.9. The number of nitrogens with two attached hydrogens (primary N) is 1. The fourth-order valence-electron chi connectivity index (χ4n) is 1.01. The smallest absolute Gasteiger partial charge is 0.162 e. The van der Waals surface area contributed by atoms with Crippen LogP contribution in [-0.2, 0) is 0 Å². The highest BCUT2D eigenvalue weighted by Gasteiger charge is 2.24. The molecule has 2 N–H and O–H groups in total. The number of rotatable bonds is 1. The summed E-state index contributed by atoms with van der Waals surface area (Å²) in [5.74, 6) is 5.63. The molecule has 2 rings (SSSR count). The van der Waals surface area contributed by atoms with E-state index in [4.69, 9.17) is 5.84 Å². The van der Waals surface area contributed by atoms with E-state index in [9.17, 15) is 0 Å². The summed E-state index contributed by atoms with van der Waals surface area (Å²) in [5.41, 5.74) is 0.667. The minimum absolute atomic E-state index is 0.206. The first kappa shape index (κ1) is 6.84. The summed E-state index contributed by atoms with van der Waals surface area (Å²) < 4.78 is 0. The summed E-state index contributed by atoms with van der Waals surface area (Å²) in [6.45, 7) is 0. The van der Waals surface area contributed by atoms with E-state index in [0.717, 1.165) is 0 Å². The summed E-state index contributed by atoms with van der Waals surface area (Å²) in [6, 6.07) is -0.206. The molecule has 2 aliphatic heterocycles. The van der Waals surface area contributed by atoms with Crippen molar-refractivity contribution in [2.24, 2.45) is 30.9 Å². The topological polar surface area (TPSA) is 87.8 Å². The number of amidine groups is 1. The molecule has 0 saturated carbocycles. The van der Waals surface area contributed by atoms with Crippen LogP contribution in [0.15, 0.2) is 25.1 Å². The highest BCUT2D eigenvalue weighted by molar-refractivity contribution is 6.42. The lowest BCUT2D eigenvalue weighted by Gasteiger charge is -2.08. The molecule has 0 aliphatic carbocycles. The summed E-state index contributed by atoms with van der Waals surface area (Å²) >= 11 is 0. The van der Waals surface area contributed by atoms with Gasteiger partial charge in [-0.05, 0) is 0 Å². The van der Waals surface area contributed by atoms with Gasteiger partial charge in [-0.3, -0.25) is 4.99 Å².